The molecule has 2 heterocycles. The lowest BCUT2D eigenvalue weighted by molar-refractivity contribution is -0.123. The van der Waals surface area contributed by atoms with Gasteiger partial charge in [0.25, 0.3) is 0 Å². The lowest BCUT2D eigenvalue weighted by atomic mass is 10.1. The zero-order chi connectivity index (χ0) is 33.1. The van der Waals surface area contributed by atoms with E-state index in [1.165, 1.54) is 43.6 Å². The van der Waals surface area contributed by atoms with Gasteiger partial charge in [0.2, 0.25) is 23.6 Å². The maximum atomic E-state index is 12.4. The first-order chi connectivity index (χ1) is 22.5. The largest absolute Gasteiger partial charge is 0.382 e. The standard InChI is InChI=1S/C32H59N5O6S3/c1-42-23-24-43-22-21-37(19-12-31(40)35-17-15-33-29(38)10-4-2-7-27-9-6-25-44-27)20-13-32(41)36-18-16-34-30(39)11-5-3-8-28-14-26-45-46-28/h27-28H,2-26H2,1H3,(H,33,38)(H,34,39)(H,35,40)(H,36,41). The van der Waals surface area contributed by atoms with E-state index in [2.05, 4.69) is 33.0 Å². The monoisotopic (exact) mass is 705 g/mol. The predicted molar refractivity (Wildman–Crippen MR) is 191 cm³/mol. The summed E-state index contributed by atoms with van der Waals surface area (Å²) < 4.78 is 10.6. The van der Waals surface area contributed by atoms with Crippen molar-refractivity contribution in [2.75, 3.05) is 84.2 Å². The second-order valence-corrected chi connectivity index (χ2v) is 16.0. The molecule has 0 aromatic heterocycles. The van der Waals surface area contributed by atoms with E-state index in [1.807, 2.05) is 26.5 Å². The van der Waals surface area contributed by atoms with Crippen LogP contribution in [-0.2, 0) is 28.7 Å². The van der Waals surface area contributed by atoms with Crippen LogP contribution in [0.5, 0.6) is 0 Å². The second-order valence-electron chi connectivity index (χ2n) is 11.8. The number of carbonyl (C=O) groups is 4. The Hall–Kier alpha value is -1.19. The van der Waals surface area contributed by atoms with Gasteiger partial charge in [0.05, 0.1) is 19.8 Å². The summed E-state index contributed by atoms with van der Waals surface area (Å²) in [5, 5.41) is 13.0. The highest BCUT2D eigenvalue weighted by molar-refractivity contribution is 8.77. The topological polar surface area (TPSA) is 138 Å². The molecule has 2 unspecified atom stereocenters. The molecule has 0 bridgehead atoms. The summed E-state index contributed by atoms with van der Waals surface area (Å²) in [6.07, 6.45) is 11.9. The Morgan fingerprint density at radius 2 is 1.22 bits per heavy atom. The Balaban J connectivity index is 1.52. The van der Waals surface area contributed by atoms with Crippen molar-refractivity contribution < 1.29 is 28.7 Å². The Morgan fingerprint density at radius 1 is 0.652 bits per heavy atom. The Labute approximate surface area is 289 Å². The van der Waals surface area contributed by atoms with Crippen LogP contribution < -0.4 is 21.3 Å². The molecule has 0 spiro atoms. The quantitative estimate of drug-likeness (QED) is 0.0709. The lowest BCUT2D eigenvalue weighted by Gasteiger charge is -2.22. The van der Waals surface area contributed by atoms with Crippen LogP contribution in [0.1, 0.15) is 83.5 Å². The molecule has 14 heteroatoms. The van der Waals surface area contributed by atoms with Crippen molar-refractivity contribution in [3.63, 3.8) is 0 Å². The fourth-order valence-electron chi connectivity index (χ4n) is 5.21. The van der Waals surface area contributed by atoms with E-state index in [0.29, 0.717) is 78.5 Å². The van der Waals surface area contributed by atoms with Gasteiger partial charge in [0.1, 0.15) is 0 Å². The van der Waals surface area contributed by atoms with Crippen molar-refractivity contribution in [1.82, 2.24) is 26.2 Å². The molecular formula is C32H59N5O6S3. The van der Waals surface area contributed by atoms with Crippen LogP contribution >= 0.6 is 33.3 Å². The average Bonchev–Trinajstić information content (AvgIpc) is 3.77. The summed E-state index contributed by atoms with van der Waals surface area (Å²) in [4.78, 5) is 51.1. The molecule has 0 aromatic carbocycles. The molecule has 11 nitrogen and oxygen atoms in total. The van der Waals surface area contributed by atoms with Crippen LogP contribution in [0.25, 0.3) is 0 Å². The third kappa shape index (κ3) is 22.4. The molecule has 4 N–H and O–H groups in total. The fraction of sp³-hybridized carbons (Fsp3) is 0.875. The van der Waals surface area contributed by atoms with Gasteiger partial charge in [-0.3, -0.25) is 19.2 Å². The Morgan fingerprint density at radius 3 is 1.72 bits per heavy atom. The minimum absolute atomic E-state index is 0.0343. The third-order valence-electron chi connectivity index (χ3n) is 7.94. The molecular weight excluding hydrogens is 647 g/mol. The minimum atomic E-state index is -0.0934. The number of unbranched alkanes of at least 4 members (excludes halogenated alkanes) is 2. The van der Waals surface area contributed by atoms with Gasteiger partial charge >= 0.3 is 0 Å². The Bertz CT molecular complexity index is 787. The van der Waals surface area contributed by atoms with Crippen molar-refractivity contribution in [2.45, 2.75) is 94.0 Å². The van der Waals surface area contributed by atoms with Gasteiger partial charge in [-0.25, -0.2) is 0 Å². The molecule has 2 rings (SSSR count). The first-order valence-corrected chi connectivity index (χ1v) is 20.6. The normalized spacial score (nSPS) is 17.7. The summed E-state index contributed by atoms with van der Waals surface area (Å²) in [6, 6.07) is 0. The van der Waals surface area contributed by atoms with Crippen LogP contribution in [0, 0.1) is 0 Å². The van der Waals surface area contributed by atoms with E-state index in [9.17, 15) is 19.2 Å². The van der Waals surface area contributed by atoms with E-state index >= 15 is 0 Å². The molecule has 2 aliphatic heterocycles. The third-order valence-corrected chi connectivity index (χ3v) is 12.4. The number of hydrogen-bond acceptors (Lipinski definition) is 10. The van der Waals surface area contributed by atoms with Crippen molar-refractivity contribution in [1.29, 1.82) is 0 Å². The molecule has 0 saturated carbocycles. The first-order valence-electron chi connectivity index (χ1n) is 17.2. The molecule has 0 aliphatic carbocycles. The summed E-state index contributed by atoms with van der Waals surface area (Å²) in [6.45, 7) is 4.66. The molecule has 2 fully saturated rings. The zero-order valence-electron chi connectivity index (χ0n) is 28.0. The van der Waals surface area contributed by atoms with Crippen LogP contribution in [0.4, 0.5) is 0 Å². The highest BCUT2D eigenvalue weighted by atomic mass is 33.1. The second kappa shape index (κ2) is 27.7. The summed E-state index contributed by atoms with van der Waals surface area (Å²) in [7, 11) is 5.55. The number of amides is 4. The number of methoxy groups -OCH3 is 1. The SMILES string of the molecule is COCCOCCN(CCC(=O)NCCNC(=O)CCCCC1CCCS1)CCC(=O)NCCNC(=O)CCCCC1CCSS1. The van der Waals surface area contributed by atoms with Crippen molar-refractivity contribution in [3.05, 3.63) is 0 Å². The Kier molecular flexibility index (Phi) is 24.7. The maximum absolute atomic E-state index is 12.4. The van der Waals surface area contributed by atoms with Crippen LogP contribution in [0.2, 0.25) is 0 Å². The lowest BCUT2D eigenvalue weighted by Crippen LogP contribution is -2.39. The van der Waals surface area contributed by atoms with Gasteiger partial charge in [-0.2, -0.15) is 11.8 Å². The molecule has 0 aromatic rings. The maximum Gasteiger partial charge on any atom is 0.221 e. The minimum Gasteiger partial charge on any atom is -0.382 e. The zero-order valence-corrected chi connectivity index (χ0v) is 30.4. The molecule has 2 atom stereocenters. The first kappa shape index (κ1) is 41.0. The highest BCUT2D eigenvalue weighted by Crippen LogP contribution is 2.39. The molecule has 0 radical (unpaired) electrons. The average molecular weight is 706 g/mol. The van der Waals surface area contributed by atoms with Gasteiger partial charge < -0.3 is 35.6 Å². The van der Waals surface area contributed by atoms with Crippen molar-refractivity contribution in [3.8, 4) is 0 Å². The van der Waals surface area contributed by atoms with Gasteiger partial charge in [-0.15, -0.1) is 0 Å². The van der Waals surface area contributed by atoms with Crippen LogP contribution in [0.15, 0.2) is 0 Å². The van der Waals surface area contributed by atoms with E-state index in [1.54, 1.807) is 7.11 Å². The summed E-state index contributed by atoms with van der Waals surface area (Å²) >= 11 is 2.06. The van der Waals surface area contributed by atoms with Crippen molar-refractivity contribution in [2.24, 2.45) is 0 Å². The molecule has 2 saturated heterocycles. The number of nitrogens with one attached hydrogen (secondary N) is 4. The highest BCUT2D eigenvalue weighted by Gasteiger charge is 2.17. The fourth-order valence-corrected chi connectivity index (χ4v) is 9.57. The number of ether oxygens (including phenoxy) is 2. The molecule has 266 valence electrons. The molecule has 46 heavy (non-hydrogen) atoms. The number of nitrogens with zero attached hydrogens (tertiary/aromatic N) is 1. The number of thioether (sulfide) groups is 1. The smallest absolute Gasteiger partial charge is 0.221 e. The molecule has 4 amide bonds. The number of rotatable bonds is 28. The van der Waals surface area contributed by atoms with Gasteiger partial charge in [-0.05, 0) is 50.7 Å². The van der Waals surface area contributed by atoms with Gasteiger partial charge in [0.15, 0.2) is 0 Å². The van der Waals surface area contributed by atoms with E-state index in [4.69, 9.17) is 9.47 Å². The predicted octanol–water partition coefficient (Wildman–Crippen LogP) is 3.37. The van der Waals surface area contributed by atoms with Gasteiger partial charge in [0, 0.05) is 94.9 Å². The number of carbonyl (C=O) groups excluding carboxylic acids is 4. The summed E-state index contributed by atoms with van der Waals surface area (Å²) in [5.41, 5.74) is 0. The van der Waals surface area contributed by atoms with E-state index in [-0.39, 0.29) is 36.5 Å². The summed E-state index contributed by atoms with van der Waals surface area (Å²) in [5.74, 6) is 2.40. The van der Waals surface area contributed by atoms with E-state index in [0.717, 1.165) is 36.2 Å². The van der Waals surface area contributed by atoms with E-state index < -0.39 is 0 Å². The number of hydrogen-bond donors (Lipinski definition) is 4. The van der Waals surface area contributed by atoms with Crippen LogP contribution in [0.3, 0.4) is 0 Å². The van der Waals surface area contributed by atoms with Crippen molar-refractivity contribution >= 4 is 57.0 Å². The molecule has 2 aliphatic rings. The van der Waals surface area contributed by atoms with Gasteiger partial charge in [-0.1, -0.05) is 34.4 Å². The van der Waals surface area contributed by atoms with Crippen LogP contribution in [-0.4, -0.2) is 123 Å².